The number of amides is 1. The van der Waals surface area contributed by atoms with Crippen molar-refractivity contribution in [3.63, 3.8) is 0 Å². The topological polar surface area (TPSA) is 64.1 Å². The lowest BCUT2D eigenvalue weighted by Gasteiger charge is -2.15. The SMILES string of the molecule is CCCCc1nnc(NC(=O)C(C)Oc2cc(C)c(Cl)c(C)c2)s1. The van der Waals surface area contributed by atoms with E-state index in [4.69, 9.17) is 16.3 Å². The summed E-state index contributed by atoms with van der Waals surface area (Å²) >= 11 is 7.55. The summed E-state index contributed by atoms with van der Waals surface area (Å²) in [6.45, 7) is 7.65. The van der Waals surface area contributed by atoms with Gasteiger partial charge in [-0.25, -0.2) is 0 Å². The highest BCUT2D eigenvalue weighted by Crippen LogP contribution is 2.26. The average Bonchev–Trinajstić information content (AvgIpc) is 2.97. The number of aryl methyl sites for hydroxylation is 3. The Morgan fingerprint density at radius 3 is 2.62 bits per heavy atom. The van der Waals surface area contributed by atoms with Crippen LogP contribution in [-0.2, 0) is 11.2 Å². The summed E-state index contributed by atoms with van der Waals surface area (Å²) in [5.41, 5.74) is 1.84. The maximum atomic E-state index is 12.3. The lowest BCUT2D eigenvalue weighted by Crippen LogP contribution is -2.30. The molecule has 5 nitrogen and oxygen atoms in total. The molecule has 0 aliphatic carbocycles. The first-order valence-corrected chi connectivity index (χ1v) is 9.16. The summed E-state index contributed by atoms with van der Waals surface area (Å²) in [4.78, 5) is 12.3. The molecule has 130 valence electrons. The van der Waals surface area contributed by atoms with Gasteiger partial charge in [0, 0.05) is 11.4 Å². The number of carbonyl (C=O) groups is 1. The number of ether oxygens (including phenoxy) is 1. The van der Waals surface area contributed by atoms with Gasteiger partial charge in [0.1, 0.15) is 10.8 Å². The Bertz CT molecular complexity index is 695. The van der Waals surface area contributed by atoms with Crippen LogP contribution in [0.2, 0.25) is 5.02 Å². The minimum atomic E-state index is -0.645. The molecule has 24 heavy (non-hydrogen) atoms. The predicted molar refractivity (Wildman–Crippen MR) is 98.2 cm³/mol. The fraction of sp³-hybridized carbons (Fsp3) is 0.471. The van der Waals surface area contributed by atoms with Crippen LogP contribution in [0.25, 0.3) is 0 Å². The molecule has 1 atom stereocenters. The molecule has 1 N–H and O–H groups in total. The zero-order valence-electron chi connectivity index (χ0n) is 14.4. The monoisotopic (exact) mass is 367 g/mol. The van der Waals surface area contributed by atoms with E-state index in [1.54, 1.807) is 6.92 Å². The van der Waals surface area contributed by atoms with Gasteiger partial charge in [0.2, 0.25) is 5.13 Å². The largest absolute Gasteiger partial charge is 0.481 e. The summed E-state index contributed by atoms with van der Waals surface area (Å²) < 4.78 is 5.72. The van der Waals surface area contributed by atoms with E-state index < -0.39 is 6.10 Å². The number of rotatable bonds is 7. The maximum Gasteiger partial charge on any atom is 0.266 e. The molecule has 2 rings (SSSR count). The Morgan fingerprint density at radius 2 is 2.00 bits per heavy atom. The van der Waals surface area contributed by atoms with Crippen molar-refractivity contribution in [3.05, 3.63) is 33.3 Å². The Labute approximate surface area is 151 Å². The third-order valence-electron chi connectivity index (χ3n) is 3.53. The van der Waals surface area contributed by atoms with Gasteiger partial charge in [0.25, 0.3) is 5.91 Å². The molecule has 0 bridgehead atoms. The zero-order chi connectivity index (χ0) is 17.7. The predicted octanol–water partition coefficient (Wildman–Crippen LogP) is 4.56. The quantitative estimate of drug-likeness (QED) is 0.779. The summed E-state index contributed by atoms with van der Waals surface area (Å²) in [6.07, 6.45) is 2.41. The molecule has 0 saturated carbocycles. The van der Waals surface area contributed by atoms with E-state index >= 15 is 0 Å². The van der Waals surface area contributed by atoms with Gasteiger partial charge in [-0.2, -0.15) is 0 Å². The first-order valence-electron chi connectivity index (χ1n) is 7.97. The number of benzene rings is 1. The van der Waals surface area contributed by atoms with E-state index in [-0.39, 0.29) is 5.91 Å². The molecule has 0 aliphatic heterocycles. The van der Waals surface area contributed by atoms with E-state index in [1.165, 1.54) is 11.3 Å². The van der Waals surface area contributed by atoms with Crippen LogP contribution in [0, 0.1) is 13.8 Å². The van der Waals surface area contributed by atoms with Crippen LogP contribution in [0.1, 0.15) is 42.8 Å². The Kier molecular flexibility index (Phi) is 6.57. The fourth-order valence-corrected chi connectivity index (χ4v) is 3.07. The van der Waals surface area contributed by atoms with Gasteiger partial charge in [-0.3, -0.25) is 10.1 Å². The smallest absolute Gasteiger partial charge is 0.266 e. The van der Waals surface area contributed by atoms with Gasteiger partial charge < -0.3 is 4.74 Å². The number of aromatic nitrogens is 2. The molecule has 0 aliphatic rings. The molecule has 1 unspecified atom stereocenters. The normalized spacial score (nSPS) is 12.0. The third-order valence-corrected chi connectivity index (χ3v) is 5.03. The molecule has 0 saturated heterocycles. The molecular weight excluding hydrogens is 346 g/mol. The van der Waals surface area contributed by atoms with Crippen LogP contribution in [0.5, 0.6) is 5.75 Å². The highest BCUT2D eigenvalue weighted by Gasteiger charge is 2.17. The van der Waals surface area contributed by atoms with Crippen molar-refractivity contribution in [2.75, 3.05) is 5.32 Å². The molecule has 0 fully saturated rings. The lowest BCUT2D eigenvalue weighted by molar-refractivity contribution is -0.122. The second-order valence-corrected chi connectivity index (χ2v) is 7.16. The minimum Gasteiger partial charge on any atom is -0.481 e. The summed E-state index contributed by atoms with van der Waals surface area (Å²) in [5, 5.41) is 13.0. The number of halogens is 1. The number of hydrogen-bond acceptors (Lipinski definition) is 5. The standard InChI is InChI=1S/C17H22ClN3O2S/c1-5-6-7-14-20-21-17(24-14)19-16(22)12(4)23-13-8-10(2)15(18)11(3)9-13/h8-9,12H,5-7H2,1-4H3,(H,19,21,22). The van der Waals surface area contributed by atoms with Crippen LogP contribution in [-0.4, -0.2) is 22.2 Å². The van der Waals surface area contributed by atoms with Crippen molar-refractivity contribution < 1.29 is 9.53 Å². The minimum absolute atomic E-state index is 0.251. The number of anilines is 1. The van der Waals surface area contributed by atoms with E-state index in [0.29, 0.717) is 15.9 Å². The number of nitrogens with zero attached hydrogens (tertiary/aromatic N) is 2. The first-order chi connectivity index (χ1) is 11.4. The van der Waals surface area contributed by atoms with Crippen molar-refractivity contribution in [3.8, 4) is 5.75 Å². The molecule has 0 radical (unpaired) electrons. The third kappa shape index (κ3) is 4.92. The van der Waals surface area contributed by atoms with Crippen molar-refractivity contribution in [2.24, 2.45) is 0 Å². The maximum absolute atomic E-state index is 12.3. The summed E-state index contributed by atoms with van der Waals surface area (Å²) in [5.74, 6) is 0.372. The zero-order valence-corrected chi connectivity index (χ0v) is 15.9. The lowest BCUT2D eigenvalue weighted by atomic mass is 10.1. The van der Waals surface area contributed by atoms with Crippen LogP contribution < -0.4 is 10.1 Å². The molecule has 1 aromatic heterocycles. The van der Waals surface area contributed by atoms with Crippen LogP contribution in [0.15, 0.2) is 12.1 Å². The Morgan fingerprint density at radius 1 is 1.33 bits per heavy atom. The van der Waals surface area contributed by atoms with E-state index in [0.717, 1.165) is 35.4 Å². The highest BCUT2D eigenvalue weighted by atomic mass is 35.5. The summed E-state index contributed by atoms with van der Waals surface area (Å²) in [7, 11) is 0. The van der Waals surface area contributed by atoms with E-state index in [9.17, 15) is 4.79 Å². The molecular formula is C17H22ClN3O2S. The molecule has 1 amide bonds. The van der Waals surface area contributed by atoms with Crippen LogP contribution in [0.4, 0.5) is 5.13 Å². The summed E-state index contributed by atoms with van der Waals surface area (Å²) in [6, 6.07) is 3.65. The Hall–Kier alpha value is -1.66. The number of carbonyl (C=O) groups excluding carboxylic acids is 1. The molecule has 1 heterocycles. The van der Waals surface area contributed by atoms with Gasteiger partial charge >= 0.3 is 0 Å². The van der Waals surface area contributed by atoms with Crippen molar-refractivity contribution in [2.45, 2.75) is 53.1 Å². The Balaban J connectivity index is 1.96. The highest BCUT2D eigenvalue weighted by molar-refractivity contribution is 7.15. The van der Waals surface area contributed by atoms with E-state index in [2.05, 4.69) is 22.4 Å². The van der Waals surface area contributed by atoms with Crippen molar-refractivity contribution >= 4 is 34.0 Å². The van der Waals surface area contributed by atoms with Gasteiger partial charge in [0.15, 0.2) is 6.10 Å². The molecule has 7 heteroatoms. The second-order valence-electron chi connectivity index (χ2n) is 5.72. The molecule has 2 aromatic rings. The number of nitrogens with one attached hydrogen (secondary N) is 1. The van der Waals surface area contributed by atoms with Crippen LogP contribution >= 0.6 is 22.9 Å². The fourth-order valence-electron chi connectivity index (χ4n) is 2.17. The van der Waals surface area contributed by atoms with Gasteiger partial charge in [-0.15, -0.1) is 10.2 Å². The van der Waals surface area contributed by atoms with Crippen molar-refractivity contribution in [1.82, 2.24) is 10.2 Å². The number of hydrogen-bond donors (Lipinski definition) is 1. The van der Waals surface area contributed by atoms with Gasteiger partial charge in [-0.1, -0.05) is 36.3 Å². The second kappa shape index (κ2) is 8.44. The van der Waals surface area contributed by atoms with Crippen LogP contribution in [0.3, 0.4) is 0 Å². The van der Waals surface area contributed by atoms with Gasteiger partial charge in [0.05, 0.1) is 0 Å². The number of unbranched alkanes of at least 4 members (excludes halogenated alkanes) is 1. The van der Waals surface area contributed by atoms with E-state index in [1.807, 2.05) is 26.0 Å². The van der Waals surface area contributed by atoms with Crippen molar-refractivity contribution in [1.29, 1.82) is 0 Å². The average molecular weight is 368 g/mol. The first kappa shape index (κ1) is 18.7. The van der Waals surface area contributed by atoms with Gasteiger partial charge in [-0.05, 0) is 50.5 Å². The molecule has 0 spiro atoms. The molecule has 1 aromatic carbocycles.